The summed E-state index contributed by atoms with van der Waals surface area (Å²) in [6, 6.07) is 0. The summed E-state index contributed by atoms with van der Waals surface area (Å²) in [6.07, 6.45) is 0. The number of aromatic nitrogens is 3. The number of carboxylic acids is 2. The lowest BCUT2D eigenvalue weighted by molar-refractivity contribution is -0.256. The summed E-state index contributed by atoms with van der Waals surface area (Å²) in [4.78, 5) is 23.2. The van der Waals surface area contributed by atoms with E-state index < -0.39 is 23.6 Å². The Kier molecular flexibility index (Phi) is 1.55. The van der Waals surface area contributed by atoms with Crippen molar-refractivity contribution in [2.45, 2.75) is 0 Å². The molecule has 0 amide bonds. The molecular weight excluding hydrogens is 154 g/mol. The molecule has 0 bridgehead atoms. The van der Waals surface area contributed by atoms with Crippen molar-refractivity contribution in [1.82, 2.24) is 15.2 Å². The topological polar surface area (TPSA) is 119 Å². The van der Waals surface area contributed by atoms with E-state index in [-0.39, 0.29) is 0 Å². The molecule has 1 rings (SSSR count). The number of hydrogen-bond acceptors (Lipinski definition) is 5. The van der Waals surface area contributed by atoms with Gasteiger partial charge in [-0.25, -0.2) is 4.79 Å². The van der Waals surface area contributed by atoms with Crippen molar-refractivity contribution in [1.29, 1.82) is 0 Å². The SMILES string of the molecule is O=C(O)c1n[nH]c(C(=O)[O-])n1. The van der Waals surface area contributed by atoms with Crippen LogP contribution in [0.1, 0.15) is 21.2 Å². The summed E-state index contributed by atoms with van der Waals surface area (Å²) in [5.74, 6) is -4.18. The third-order valence-electron chi connectivity index (χ3n) is 0.870. The monoisotopic (exact) mass is 156 g/mol. The highest BCUT2D eigenvalue weighted by Crippen LogP contribution is 1.89. The molecule has 0 saturated heterocycles. The quantitative estimate of drug-likeness (QED) is 0.504. The van der Waals surface area contributed by atoms with E-state index >= 15 is 0 Å². The van der Waals surface area contributed by atoms with Crippen LogP contribution in [-0.4, -0.2) is 32.2 Å². The van der Waals surface area contributed by atoms with E-state index in [1.807, 2.05) is 5.10 Å². The highest BCUT2D eigenvalue weighted by molar-refractivity contribution is 5.86. The third-order valence-corrected chi connectivity index (χ3v) is 0.870. The maximum Gasteiger partial charge on any atom is 0.375 e. The minimum absolute atomic E-state index is 0.593. The lowest BCUT2D eigenvalue weighted by Gasteiger charge is -1.90. The Morgan fingerprint density at radius 3 is 2.45 bits per heavy atom. The number of carboxylic acid groups (broad SMARTS) is 2. The molecule has 0 aromatic carbocycles. The number of rotatable bonds is 2. The summed E-state index contributed by atoms with van der Waals surface area (Å²) in [5.41, 5.74) is 0. The number of nitrogens with zero attached hydrogens (tertiary/aromatic N) is 2. The molecule has 0 unspecified atom stereocenters. The fourth-order valence-electron chi connectivity index (χ4n) is 0.449. The number of hydrogen-bond donors (Lipinski definition) is 2. The average molecular weight is 156 g/mol. The molecule has 1 heterocycles. The Morgan fingerprint density at radius 1 is 1.55 bits per heavy atom. The van der Waals surface area contributed by atoms with Crippen LogP contribution in [0.25, 0.3) is 0 Å². The molecule has 7 heteroatoms. The van der Waals surface area contributed by atoms with Gasteiger partial charge < -0.3 is 15.0 Å². The van der Waals surface area contributed by atoms with Crippen LogP contribution in [0.5, 0.6) is 0 Å². The molecule has 1 aromatic rings. The van der Waals surface area contributed by atoms with Gasteiger partial charge in [-0.05, 0) is 0 Å². The molecule has 0 aliphatic heterocycles. The zero-order chi connectivity index (χ0) is 8.43. The first-order chi connectivity index (χ1) is 5.11. The van der Waals surface area contributed by atoms with Gasteiger partial charge in [0.05, 0.1) is 0 Å². The largest absolute Gasteiger partial charge is 0.542 e. The van der Waals surface area contributed by atoms with E-state index in [2.05, 4.69) is 10.1 Å². The van der Waals surface area contributed by atoms with E-state index in [1.54, 1.807) is 0 Å². The second-order valence-corrected chi connectivity index (χ2v) is 1.60. The normalized spacial score (nSPS) is 9.45. The average Bonchev–Trinajstić information content (AvgIpc) is 2.33. The van der Waals surface area contributed by atoms with Crippen LogP contribution in [-0.2, 0) is 0 Å². The molecule has 1 aromatic heterocycles. The maximum absolute atomic E-state index is 10.1. The molecule has 0 saturated carbocycles. The summed E-state index contributed by atoms with van der Waals surface area (Å²) in [6.45, 7) is 0. The number of aromatic carboxylic acids is 2. The molecular formula is C4H2N3O4-. The van der Waals surface area contributed by atoms with Crippen LogP contribution in [0.15, 0.2) is 0 Å². The second kappa shape index (κ2) is 2.37. The zero-order valence-corrected chi connectivity index (χ0v) is 5.07. The summed E-state index contributed by atoms with van der Waals surface area (Å²) < 4.78 is 0. The Bertz CT molecular complexity index is 276. The first kappa shape index (κ1) is 7.19. The van der Waals surface area contributed by atoms with Gasteiger partial charge in [0, 0.05) is 0 Å². The van der Waals surface area contributed by atoms with Crippen LogP contribution in [0.4, 0.5) is 0 Å². The fraction of sp³-hybridized carbons (Fsp3) is 0. The highest BCUT2D eigenvalue weighted by atomic mass is 16.4. The van der Waals surface area contributed by atoms with E-state index in [0.29, 0.717) is 0 Å². The van der Waals surface area contributed by atoms with E-state index in [9.17, 15) is 14.7 Å². The lowest BCUT2D eigenvalue weighted by atomic mass is 10.6. The number of aromatic amines is 1. The van der Waals surface area contributed by atoms with Gasteiger partial charge in [-0.15, -0.1) is 5.10 Å². The standard InChI is InChI=1S/C4H3N3O4/c8-3(9)1-5-2(4(10)11)7-6-1/h(H,8,9)(H,10,11)(H,5,6,7)/p-1. The van der Waals surface area contributed by atoms with Crippen LogP contribution in [0, 0.1) is 0 Å². The molecule has 0 aliphatic rings. The summed E-state index contributed by atoms with van der Waals surface area (Å²) in [5, 5.41) is 23.2. The van der Waals surface area contributed by atoms with E-state index in [0.717, 1.165) is 0 Å². The first-order valence-electron chi connectivity index (χ1n) is 2.48. The number of nitrogens with one attached hydrogen (secondary N) is 1. The molecule has 0 radical (unpaired) electrons. The summed E-state index contributed by atoms with van der Waals surface area (Å²) in [7, 11) is 0. The number of carbonyl (C=O) groups is 2. The highest BCUT2D eigenvalue weighted by Gasteiger charge is 2.09. The van der Waals surface area contributed by atoms with Crippen molar-refractivity contribution in [2.24, 2.45) is 0 Å². The smallest absolute Gasteiger partial charge is 0.375 e. The molecule has 0 atom stereocenters. The van der Waals surface area contributed by atoms with Gasteiger partial charge in [0.25, 0.3) is 5.82 Å². The summed E-state index contributed by atoms with van der Waals surface area (Å²) >= 11 is 0. The van der Waals surface area contributed by atoms with Gasteiger partial charge in [0.1, 0.15) is 5.97 Å². The fourth-order valence-corrected chi connectivity index (χ4v) is 0.449. The van der Waals surface area contributed by atoms with Crippen LogP contribution >= 0.6 is 0 Å². The number of carbonyl (C=O) groups excluding carboxylic acids is 1. The molecule has 0 spiro atoms. The predicted molar refractivity (Wildman–Crippen MR) is 27.7 cm³/mol. The van der Waals surface area contributed by atoms with Crippen LogP contribution in [0.3, 0.4) is 0 Å². The Morgan fingerprint density at radius 2 is 2.18 bits per heavy atom. The Hall–Kier alpha value is -1.92. The third kappa shape index (κ3) is 1.31. The van der Waals surface area contributed by atoms with Gasteiger partial charge in [-0.1, -0.05) is 0 Å². The minimum Gasteiger partial charge on any atom is -0.542 e. The van der Waals surface area contributed by atoms with Crippen molar-refractivity contribution in [2.75, 3.05) is 0 Å². The predicted octanol–water partition coefficient (Wildman–Crippen LogP) is -2.13. The van der Waals surface area contributed by atoms with Gasteiger partial charge in [0.2, 0.25) is 0 Å². The Balaban J connectivity index is 2.99. The van der Waals surface area contributed by atoms with Gasteiger partial charge in [-0.2, -0.15) is 4.98 Å². The second-order valence-electron chi connectivity index (χ2n) is 1.60. The molecule has 0 aliphatic carbocycles. The lowest BCUT2D eigenvalue weighted by Crippen LogP contribution is -2.23. The maximum atomic E-state index is 10.1. The van der Waals surface area contributed by atoms with Gasteiger partial charge >= 0.3 is 5.97 Å². The van der Waals surface area contributed by atoms with Crippen molar-refractivity contribution >= 4 is 11.9 Å². The van der Waals surface area contributed by atoms with Gasteiger partial charge in [0.15, 0.2) is 5.82 Å². The zero-order valence-electron chi connectivity index (χ0n) is 5.07. The van der Waals surface area contributed by atoms with E-state index in [1.165, 1.54) is 0 Å². The number of H-pyrrole nitrogens is 1. The van der Waals surface area contributed by atoms with Crippen molar-refractivity contribution in [3.8, 4) is 0 Å². The first-order valence-corrected chi connectivity index (χ1v) is 2.48. The molecule has 58 valence electrons. The van der Waals surface area contributed by atoms with E-state index in [4.69, 9.17) is 5.11 Å². The van der Waals surface area contributed by atoms with Gasteiger partial charge in [-0.3, -0.25) is 5.10 Å². The van der Waals surface area contributed by atoms with Crippen molar-refractivity contribution in [3.63, 3.8) is 0 Å². The molecule has 7 nitrogen and oxygen atoms in total. The Labute approximate surface area is 59.7 Å². The molecule has 2 N–H and O–H groups in total. The molecule has 0 fully saturated rings. The van der Waals surface area contributed by atoms with Crippen LogP contribution < -0.4 is 5.11 Å². The molecule has 11 heavy (non-hydrogen) atoms. The van der Waals surface area contributed by atoms with Crippen LogP contribution in [0.2, 0.25) is 0 Å². The minimum atomic E-state index is -1.59. The van der Waals surface area contributed by atoms with Crippen molar-refractivity contribution < 1.29 is 19.8 Å². The van der Waals surface area contributed by atoms with Crippen molar-refractivity contribution in [3.05, 3.63) is 11.6 Å².